The van der Waals surface area contributed by atoms with Crippen LogP contribution < -0.4 is 5.32 Å². The molecule has 5 fully saturated rings. The number of hydrogen-bond donors (Lipinski definition) is 1. The van der Waals surface area contributed by atoms with Crippen molar-refractivity contribution in [3.05, 3.63) is 12.2 Å². The molecule has 5 aliphatic carbocycles. The highest BCUT2D eigenvalue weighted by atomic mass is 16.5. The minimum Gasteiger partial charge on any atom is -0.454 e. The first-order valence-corrected chi connectivity index (χ1v) is 11.3. The van der Waals surface area contributed by atoms with Gasteiger partial charge in [0, 0.05) is 5.54 Å². The van der Waals surface area contributed by atoms with Gasteiger partial charge in [-0.3, -0.25) is 19.3 Å². The van der Waals surface area contributed by atoms with Crippen molar-refractivity contribution in [1.82, 2.24) is 10.2 Å². The Morgan fingerprint density at radius 3 is 2.03 bits per heavy atom. The molecule has 6 aliphatic rings. The Labute approximate surface area is 176 Å². The average Bonchev–Trinajstić information content (AvgIpc) is 2.95. The summed E-state index contributed by atoms with van der Waals surface area (Å²) in [5.74, 6) is -0.223. The molecular weight excluding hydrogens is 384 g/mol. The predicted octanol–water partition coefficient (Wildman–Crippen LogP) is 1.95. The van der Waals surface area contributed by atoms with E-state index < -0.39 is 12.0 Å². The Balaban J connectivity index is 1.16. The van der Waals surface area contributed by atoms with Gasteiger partial charge in [-0.15, -0.1) is 0 Å². The summed E-state index contributed by atoms with van der Waals surface area (Å²) in [6.45, 7) is 1.13. The maximum absolute atomic E-state index is 12.6. The number of nitrogens with zero attached hydrogens (tertiary/aromatic N) is 1. The first-order chi connectivity index (χ1) is 14.3. The molecule has 1 heterocycles. The number of rotatable bonds is 5. The SMILES string of the molecule is C[C@@H](C(=O)OCC(=O)NC12CC3CC(CC(C3)C1)C2)N1C(=O)[C@H]2CC=CC[C@@H]2C1=O. The average molecular weight is 415 g/mol. The quantitative estimate of drug-likeness (QED) is 0.422. The number of amides is 3. The smallest absolute Gasteiger partial charge is 0.329 e. The van der Waals surface area contributed by atoms with E-state index in [1.807, 2.05) is 12.2 Å². The van der Waals surface area contributed by atoms with Gasteiger partial charge in [0.2, 0.25) is 11.8 Å². The van der Waals surface area contributed by atoms with Crippen molar-refractivity contribution in [2.24, 2.45) is 29.6 Å². The highest BCUT2D eigenvalue weighted by molar-refractivity contribution is 6.08. The molecule has 1 saturated heterocycles. The summed E-state index contributed by atoms with van der Waals surface area (Å²) in [5.41, 5.74) is -0.132. The van der Waals surface area contributed by atoms with Crippen LogP contribution in [0.15, 0.2) is 12.2 Å². The first kappa shape index (κ1) is 19.8. The molecule has 0 unspecified atom stereocenters. The molecule has 1 N–H and O–H groups in total. The number of nitrogens with one attached hydrogen (secondary N) is 1. The largest absolute Gasteiger partial charge is 0.454 e. The minimum absolute atomic E-state index is 0.132. The zero-order valence-electron chi connectivity index (χ0n) is 17.5. The second-order valence-corrected chi connectivity index (χ2v) is 10.2. The number of ether oxygens (including phenoxy) is 1. The molecule has 3 atom stereocenters. The van der Waals surface area contributed by atoms with Gasteiger partial charge in [0.05, 0.1) is 11.8 Å². The van der Waals surface area contributed by atoms with Crippen molar-refractivity contribution in [3.8, 4) is 0 Å². The van der Waals surface area contributed by atoms with E-state index in [2.05, 4.69) is 5.32 Å². The van der Waals surface area contributed by atoms with Crippen molar-refractivity contribution in [3.63, 3.8) is 0 Å². The molecule has 0 spiro atoms. The van der Waals surface area contributed by atoms with E-state index in [9.17, 15) is 19.2 Å². The number of allylic oxidation sites excluding steroid dienone is 2. The maximum Gasteiger partial charge on any atom is 0.329 e. The Kier molecular flexibility index (Phi) is 4.75. The fourth-order valence-corrected chi connectivity index (χ4v) is 7.17. The lowest BCUT2D eigenvalue weighted by molar-refractivity contribution is -0.160. The summed E-state index contributed by atoms with van der Waals surface area (Å²) in [7, 11) is 0. The summed E-state index contributed by atoms with van der Waals surface area (Å²) in [6.07, 6.45) is 11.8. The van der Waals surface area contributed by atoms with Crippen molar-refractivity contribution in [1.29, 1.82) is 0 Å². The summed E-state index contributed by atoms with van der Waals surface area (Å²) < 4.78 is 5.23. The number of esters is 1. The number of fused-ring (bicyclic) bond motifs is 1. The molecule has 7 heteroatoms. The van der Waals surface area contributed by atoms with Gasteiger partial charge in [0.1, 0.15) is 6.04 Å². The molecule has 162 valence electrons. The number of likely N-dealkylation sites (tertiary alicyclic amines) is 1. The summed E-state index contributed by atoms with van der Waals surface area (Å²) >= 11 is 0. The van der Waals surface area contributed by atoms with Gasteiger partial charge in [0.15, 0.2) is 6.61 Å². The van der Waals surface area contributed by atoms with Gasteiger partial charge >= 0.3 is 5.97 Å². The molecule has 7 nitrogen and oxygen atoms in total. The van der Waals surface area contributed by atoms with Crippen LogP contribution in [0.2, 0.25) is 0 Å². The Morgan fingerprint density at radius 2 is 1.53 bits per heavy atom. The van der Waals surface area contributed by atoms with Crippen molar-refractivity contribution in [2.45, 2.75) is 69.9 Å². The fraction of sp³-hybridized carbons (Fsp3) is 0.739. The molecule has 30 heavy (non-hydrogen) atoms. The van der Waals surface area contributed by atoms with E-state index >= 15 is 0 Å². The van der Waals surface area contributed by atoms with E-state index in [4.69, 9.17) is 4.74 Å². The van der Waals surface area contributed by atoms with Crippen LogP contribution in [0.25, 0.3) is 0 Å². The third kappa shape index (κ3) is 3.26. The number of carbonyl (C=O) groups is 4. The number of hydrogen-bond acceptors (Lipinski definition) is 5. The van der Waals surface area contributed by atoms with Gasteiger partial charge < -0.3 is 10.1 Å². The Hall–Kier alpha value is -2.18. The molecule has 3 amide bonds. The Bertz CT molecular complexity index is 757. The standard InChI is InChI=1S/C23H30N2O5/c1-13(25-20(27)17-4-2-3-5-18(17)21(25)28)22(29)30-12-19(26)24-23-9-14-6-15(10-23)8-16(7-14)11-23/h2-3,13-18H,4-12H2,1H3,(H,24,26)/t13-,14?,15?,16?,17-,18-,23?/m0/s1. The van der Waals surface area contributed by atoms with Crippen LogP contribution in [-0.4, -0.2) is 46.8 Å². The van der Waals surface area contributed by atoms with Crippen molar-refractivity contribution in [2.75, 3.05) is 6.61 Å². The van der Waals surface area contributed by atoms with Crippen LogP contribution >= 0.6 is 0 Å². The van der Waals surface area contributed by atoms with E-state index in [0.717, 1.165) is 24.2 Å². The van der Waals surface area contributed by atoms with Crippen LogP contribution in [-0.2, 0) is 23.9 Å². The molecule has 0 aromatic heterocycles. The molecule has 4 saturated carbocycles. The first-order valence-electron chi connectivity index (χ1n) is 11.3. The van der Waals surface area contributed by atoms with Crippen LogP contribution in [0.4, 0.5) is 0 Å². The van der Waals surface area contributed by atoms with Crippen molar-refractivity contribution < 1.29 is 23.9 Å². The molecular formula is C23H30N2O5. The summed E-state index contributed by atoms with van der Waals surface area (Å²) in [6, 6.07) is -1.01. The molecule has 1 aliphatic heterocycles. The molecule has 0 radical (unpaired) electrons. The second kappa shape index (κ2) is 7.20. The topological polar surface area (TPSA) is 92.8 Å². The van der Waals surface area contributed by atoms with Crippen LogP contribution in [0.3, 0.4) is 0 Å². The van der Waals surface area contributed by atoms with E-state index in [1.54, 1.807) is 0 Å². The molecule has 6 rings (SSSR count). The lowest BCUT2D eigenvalue weighted by atomic mass is 9.53. The van der Waals surface area contributed by atoms with E-state index in [0.29, 0.717) is 30.6 Å². The Morgan fingerprint density at radius 1 is 1.03 bits per heavy atom. The fourth-order valence-electron chi connectivity index (χ4n) is 7.17. The van der Waals surface area contributed by atoms with Crippen LogP contribution in [0.1, 0.15) is 58.3 Å². The van der Waals surface area contributed by atoms with Gasteiger partial charge in [-0.1, -0.05) is 12.2 Å². The highest BCUT2D eigenvalue weighted by Gasteiger charge is 2.52. The normalized spacial score (nSPS) is 39.8. The molecule has 4 bridgehead atoms. The van der Waals surface area contributed by atoms with Crippen LogP contribution in [0.5, 0.6) is 0 Å². The van der Waals surface area contributed by atoms with Crippen molar-refractivity contribution >= 4 is 23.7 Å². The van der Waals surface area contributed by atoms with Gasteiger partial charge in [-0.2, -0.15) is 0 Å². The van der Waals surface area contributed by atoms with E-state index in [-0.39, 0.29) is 41.7 Å². The van der Waals surface area contributed by atoms with Gasteiger partial charge in [-0.05, 0) is 76.0 Å². The molecule has 0 aromatic rings. The lowest BCUT2D eigenvalue weighted by Gasteiger charge is -2.56. The zero-order valence-corrected chi connectivity index (χ0v) is 17.5. The third-order valence-corrected chi connectivity index (χ3v) is 8.06. The number of carbonyl (C=O) groups excluding carboxylic acids is 4. The van der Waals surface area contributed by atoms with Gasteiger partial charge in [0.25, 0.3) is 5.91 Å². The lowest BCUT2D eigenvalue weighted by Crippen LogP contribution is -2.60. The maximum atomic E-state index is 12.6. The predicted molar refractivity (Wildman–Crippen MR) is 107 cm³/mol. The van der Waals surface area contributed by atoms with Crippen LogP contribution in [0, 0.1) is 29.6 Å². The zero-order chi connectivity index (χ0) is 21.0. The van der Waals surface area contributed by atoms with Gasteiger partial charge in [-0.25, -0.2) is 4.79 Å². The highest BCUT2D eigenvalue weighted by Crippen LogP contribution is 2.55. The van der Waals surface area contributed by atoms with E-state index in [1.165, 1.54) is 26.2 Å². The second-order valence-electron chi connectivity index (χ2n) is 10.2. The summed E-state index contributed by atoms with van der Waals surface area (Å²) in [4.78, 5) is 51.4. The third-order valence-electron chi connectivity index (χ3n) is 8.06. The minimum atomic E-state index is -1.01. The molecule has 0 aromatic carbocycles. The number of imide groups is 1. The monoisotopic (exact) mass is 414 g/mol. The summed E-state index contributed by atoms with van der Waals surface area (Å²) in [5, 5.41) is 3.17.